The molecule has 9 nitrogen and oxygen atoms in total. The van der Waals surface area contributed by atoms with Gasteiger partial charge in [0.1, 0.15) is 0 Å². The Morgan fingerprint density at radius 2 is 1.59 bits per heavy atom. The maximum atomic E-state index is 14.5. The van der Waals surface area contributed by atoms with Crippen molar-refractivity contribution in [2.24, 2.45) is 23.0 Å². The molecule has 0 aromatic heterocycles. The number of esters is 1. The first-order chi connectivity index (χ1) is 18.0. The van der Waals surface area contributed by atoms with Gasteiger partial charge in [0.2, 0.25) is 11.4 Å². The predicted molar refractivity (Wildman–Crippen MR) is 152 cm³/mol. The summed E-state index contributed by atoms with van der Waals surface area (Å²) in [6.07, 6.45) is 0.125. The van der Waals surface area contributed by atoms with Crippen molar-refractivity contribution in [1.82, 2.24) is 15.5 Å². The number of benzene rings is 1. The van der Waals surface area contributed by atoms with Crippen LogP contribution in [0.15, 0.2) is 30.3 Å². The van der Waals surface area contributed by atoms with Gasteiger partial charge in [-0.25, -0.2) is 4.79 Å². The van der Waals surface area contributed by atoms with Gasteiger partial charge in [0.05, 0.1) is 31.2 Å². The van der Waals surface area contributed by atoms with Gasteiger partial charge in [0, 0.05) is 12.0 Å². The molecular formula is C30H48N4O5. The molecule has 1 saturated heterocycles. The summed E-state index contributed by atoms with van der Waals surface area (Å²) in [6, 6.07) is 7.00. The highest BCUT2D eigenvalue weighted by molar-refractivity contribution is 6.18. The molecule has 0 saturated carbocycles. The van der Waals surface area contributed by atoms with E-state index in [2.05, 4.69) is 10.6 Å². The summed E-state index contributed by atoms with van der Waals surface area (Å²) in [7, 11) is 4.51. The Balaban J connectivity index is 2.81. The maximum absolute atomic E-state index is 14.5. The van der Waals surface area contributed by atoms with Crippen molar-refractivity contribution >= 4 is 23.4 Å². The Morgan fingerprint density at radius 1 is 1.03 bits per heavy atom. The van der Waals surface area contributed by atoms with E-state index in [1.807, 2.05) is 58.0 Å². The molecule has 1 heterocycles. The summed E-state index contributed by atoms with van der Waals surface area (Å²) in [4.78, 5) is 58.1. The number of hydrogen-bond acceptors (Lipinski definition) is 8. The number of likely N-dealkylation sites (tertiary alicyclic amines) is 1. The fraction of sp³-hybridized carbons (Fsp3) is 0.667. The number of hydrogen-bond donors (Lipinski definition) is 3. The van der Waals surface area contributed by atoms with Gasteiger partial charge in [-0.1, -0.05) is 78.8 Å². The smallest absolute Gasteiger partial charge is 0.340 e. The summed E-state index contributed by atoms with van der Waals surface area (Å²) < 4.78 is 5.24. The molecule has 2 rings (SSSR count). The van der Waals surface area contributed by atoms with Gasteiger partial charge in [0.25, 0.3) is 0 Å². The number of carbonyl (C=O) groups is 4. The predicted octanol–water partition coefficient (Wildman–Crippen LogP) is 2.07. The summed E-state index contributed by atoms with van der Waals surface area (Å²) in [6.45, 7) is 13.0. The SMILES string of the molecule is CN[C@H](C(=O)N1CCC(C(=O)[C@@H](NC)C(C)(C)c2ccccc2)[C@]1(C(=O)OC)C(=O)[C@@H](N)C(C)(C)C)C(C)C. The van der Waals surface area contributed by atoms with Gasteiger partial charge >= 0.3 is 5.97 Å². The third kappa shape index (κ3) is 5.81. The molecule has 9 heteroatoms. The van der Waals surface area contributed by atoms with Gasteiger partial charge in [-0.2, -0.15) is 0 Å². The van der Waals surface area contributed by atoms with E-state index >= 15 is 0 Å². The lowest BCUT2D eigenvalue weighted by atomic mass is 9.66. The van der Waals surface area contributed by atoms with E-state index in [0.717, 1.165) is 5.56 Å². The van der Waals surface area contributed by atoms with Crippen molar-refractivity contribution in [3.05, 3.63) is 35.9 Å². The van der Waals surface area contributed by atoms with E-state index in [0.29, 0.717) is 0 Å². The molecule has 1 amide bonds. The van der Waals surface area contributed by atoms with Crippen LogP contribution < -0.4 is 16.4 Å². The Kier molecular flexibility index (Phi) is 10.3. The molecule has 5 atom stereocenters. The number of nitrogens with zero attached hydrogens (tertiary/aromatic N) is 1. The van der Waals surface area contributed by atoms with Crippen LogP contribution in [0.5, 0.6) is 0 Å². The van der Waals surface area contributed by atoms with Crippen molar-refractivity contribution in [1.29, 1.82) is 0 Å². The zero-order valence-corrected chi connectivity index (χ0v) is 25.3. The second-order valence-corrected chi connectivity index (χ2v) is 12.5. The number of nitrogens with one attached hydrogen (secondary N) is 2. The van der Waals surface area contributed by atoms with Gasteiger partial charge < -0.3 is 26.0 Å². The third-order valence-electron chi connectivity index (χ3n) is 8.33. The fourth-order valence-electron chi connectivity index (χ4n) is 5.91. The molecular weight excluding hydrogens is 496 g/mol. The van der Waals surface area contributed by atoms with Gasteiger partial charge in [-0.15, -0.1) is 0 Å². The molecule has 1 unspecified atom stereocenters. The molecule has 1 aromatic carbocycles. The molecule has 0 aliphatic carbocycles. The van der Waals surface area contributed by atoms with Crippen molar-refractivity contribution in [3.8, 4) is 0 Å². The van der Waals surface area contributed by atoms with E-state index in [-0.39, 0.29) is 24.7 Å². The minimum atomic E-state index is -2.19. The minimum Gasteiger partial charge on any atom is -0.467 e. The number of likely N-dealkylation sites (N-methyl/N-ethyl adjacent to an activating group) is 2. The monoisotopic (exact) mass is 544 g/mol. The fourth-order valence-corrected chi connectivity index (χ4v) is 5.91. The van der Waals surface area contributed by atoms with Gasteiger partial charge in [-0.3, -0.25) is 14.4 Å². The highest BCUT2D eigenvalue weighted by Crippen LogP contribution is 2.43. The Labute approximate surface area is 233 Å². The number of methoxy groups -OCH3 is 1. The molecule has 4 N–H and O–H groups in total. The summed E-state index contributed by atoms with van der Waals surface area (Å²) >= 11 is 0. The van der Waals surface area contributed by atoms with Crippen LogP contribution >= 0.6 is 0 Å². The normalized spacial score (nSPS) is 22.4. The highest BCUT2D eigenvalue weighted by Gasteiger charge is 2.67. The lowest BCUT2D eigenvalue weighted by Gasteiger charge is -2.44. The van der Waals surface area contributed by atoms with Crippen LogP contribution in [-0.4, -0.2) is 79.8 Å². The zero-order valence-electron chi connectivity index (χ0n) is 25.3. The maximum Gasteiger partial charge on any atom is 0.340 e. The lowest BCUT2D eigenvalue weighted by Crippen LogP contribution is -2.71. The van der Waals surface area contributed by atoms with Crippen LogP contribution in [0.25, 0.3) is 0 Å². The quantitative estimate of drug-likeness (QED) is 0.285. The van der Waals surface area contributed by atoms with Crippen LogP contribution in [0.1, 0.15) is 60.5 Å². The summed E-state index contributed by atoms with van der Waals surface area (Å²) in [5.41, 5.74) is 3.77. The number of ether oxygens (including phenoxy) is 1. The average molecular weight is 545 g/mol. The van der Waals surface area contributed by atoms with Gasteiger partial charge in [0.15, 0.2) is 11.6 Å². The number of ketones is 2. The average Bonchev–Trinajstić information content (AvgIpc) is 3.29. The molecule has 1 aromatic rings. The van der Waals surface area contributed by atoms with Crippen LogP contribution in [0.3, 0.4) is 0 Å². The molecule has 0 bridgehead atoms. The van der Waals surface area contributed by atoms with E-state index in [1.165, 1.54) is 12.0 Å². The number of amides is 1. The largest absolute Gasteiger partial charge is 0.467 e. The molecule has 1 fully saturated rings. The van der Waals surface area contributed by atoms with Crippen molar-refractivity contribution < 1.29 is 23.9 Å². The van der Waals surface area contributed by atoms with E-state index in [1.54, 1.807) is 34.9 Å². The van der Waals surface area contributed by atoms with E-state index < -0.39 is 58.1 Å². The van der Waals surface area contributed by atoms with Crippen LogP contribution in [0, 0.1) is 17.3 Å². The van der Waals surface area contributed by atoms with Crippen LogP contribution in [0.4, 0.5) is 0 Å². The number of Topliss-reactive ketones (excluding diaryl/α,β-unsaturated/α-hetero) is 2. The molecule has 218 valence electrons. The molecule has 1 aliphatic rings. The number of nitrogens with two attached hydrogens (primary N) is 1. The van der Waals surface area contributed by atoms with Gasteiger partial charge in [-0.05, 0) is 37.4 Å². The van der Waals surface area contributed by atoms with Crippen LogP contribution in [-0.2, 0) is 29.3 Å². The summed E-state index contributed by atoms with van der Waals surface area (Å²) in [5.74, 6) is -3.70. The first-order valence-electron chi connectivity index (χ1n) is 13.7. The molecule has 0 radical (unpaired) electrons. The summed E-state index contributed by atoms with van der Waals surface area (Å²) in [5, 5.41) is 6.16. The van der Waals surface area contributed by atoms with Crippen molar-refractivity contribution in [2.75, 3.05) is 27.7 Å². The topological polar surface area (TPSA) is 131 Å². The van der Waals surface area contributed by atoms with E-state index in [9.17, 15) is 19.2 Å². The second-order valence-electron chi connectivity index (χ2n) is 12.5. The molecule has 0 spiro atoms. The van der Waals surface area contributed by atoms with Crippen molar-refractivity contribution in [3.63, 3.8) is 0 Å². The number of rotatable bonds is 11. The van der Waals surface area contributed by atoms with Crippen molar-refractivity contribution in [2.45, 2.75) is 84.0 Å². The Morgan fingerprint density at radius 3 is 2.03 bits per heavy atom. The molecule has 1 aliphatic heterocycles. The Bertz CT molecular complexity index is 1050. The zero-order chi connectivity index (χ0) is 29.9. The first-order valence-corrected chi connectivity index (χ1v) is 13.7. The lowest BCUT2D eigenvalue weighted by molar-refractivity contribution is -0.170. The highest BCUT2D eigenvalue weighted by atomic mass is 16.5. The number of carbonyl (C=O) groups excluding carboxylic acids is 4. The van der Waals surface area contributed by atoms with E-state index in [4.69, 9.17) is 10.5 Å². The first kappa shape index (κ1) is 32.6. The second kappa shape index (κ2) is 12.3. The minimum absolute atomic E-state index is 0.0417. The standard InChI is InChI=1S/C30H48N4O5/c1-18(2)21(32-8)26(37)34-17-16-20(30(34,27(38)39-10)25(36)23(31)28(3,4)5)22(35)24(33-9)29(6,7)19-14-12-11-13-15-19/h11-15,18,20-21,23-24,32-33H,16-17,31H2,1-10H3/t20?,21-,23+,24+,30+/m0/s1. The Hall–Kier alpha value is -2.62. The third-order valence-corrected chi connectivity index (χ3v) is 8.33. The molecule has 39 heavy (non-hydrogen) atoms. The van der Waals surface area contributed by atoms with Crippen LogP contribution in [0.2, 0.25) is 0 Å².